The van der Waals surface area contributed by atoms with Crippen LogP contribution >= 0.6 is 0 Å². The maximum Gasteiger partial charge on any atom is 0.384 e. The van der Waals surface area contributed by atoms with E-state index in [1.807, 2.05) is 13.8 Å². The molecule has 0 aliphatic carbocycles. The maximum atomic E-state index is 5.78. The summed E-state index contributed by atoms with van der Waals surface area (Å²) in [6, 6.07) is 22.5. The Morgan fingerprint density at radius 2 is 1.23 bits per heavy atom. The molecule has 117 valence electrons. The van der Waals surface area contributed by atoms with Gasteiger partial charge in [-0.1, -0.05) is 60.7 Å². The molecule has 0 fully saturated rings. The second kappa shape index (κ2) is 9.56. The number of benzene rings is 2. The van der Waals surface area contributed by atoms with Crippen molar-refractivity contribution in [3.8, 4) is 0 Å². The molecule has 2 nitrogen and oxygen atoms in total. The lowest BCUT2D eigenvalue weighted by Crippen LogP contribution is -2.23. The smallest absolute Gasteiger partial charge is 0.384 e. The van der Waals surface area contributed by atoms with Crippen LogP contribution < -0.4 is 0 Å². The van der Waals surface area contributed by atoms with Crippen LogP contribution in [0.4, 0.5) is 0 Å². The second-order valence-corrected chi connectivity index (χ2v) is 6.97. The summed E-state index contributed by atoms with van der Waals surface area (Å²) < 4.78 is 11.6. The molecule has 1 radical (unpaired) electrons. The van der Waals surface area contributed by atoms with E-state index in [0.717, 1.165) is 25.7 Å². The lowest BCUT2D eigenvalue weighted by atomic mass is 9.89. The second-order valence-electron chi connectivity index (χ2n) is 5.15. The van der Waals surface area contributed by atoms with Crippen LogP contribution in [0.15, 0.2) is 60.7 Å². The van der Waals surface area contributed by atoms with Crippen molar-refractivity contribution in [3.05, 3.63) is 71.8 Å². The molecule has 0 amide bonds. The summed E-state index contributed by atoms with van der Waals surface area (Å²) >= 11 is 0. The van der Waals surface area contributed by atoms with Crippen LogP contribution in [0.25, 0.3) is 0 Å². The summed E-state index contributed by atoms with van der Waals surface area (Å²) in [7, 11) is -1.16. The van der Waals surface area contributed by atoms with Crippen molar-refractivity contribution < 1.29 is 8.85 Å². The van der Waals surface area contributed by atoms with Crippen molar-refractivity contribution in [1.29, 1.82) is 0 Å². The Balaban J connectivity index is 2.12. The first-order chi connectivity index (χ1) is 10.8. The topological polar surface area (TPSA) is 18.5 Å². The highest BCUT2D eigenvalue weighted by atomic mass is 28.3. The van der Waals surface area contributed by atoms with Gasteiger partial charge in [-0.15, -0.1) is 0 Å². The van der Waals surface area contributed by atoms with E-state index in [2.05, 4.69) is 60.7 Å². The largest absolute Gasteiger partial charge is 0.394 e. The molecule has 2 aromatic rings. The minimum atomic E-state index is -1.16. The molecule has 3 heteroatoms. The van der Waals surface area contributed by atoms with E-state index in [0.29, 0.717) is 5.92 Å². The molecule has 0 heterocycles. The first-order valence-electron chi connectivity index (χ1n) is 8.06. The number of rotatable bonds is 9. The van der Waals surface area contributed by atoms with Gasteiger partial charge in [0.05, 0.1) is 0 Å². The highest BCUT2D eigenvalue weighted by Crippen LogP contribution is 2.30. The lowest BCUT2D eigenvalue weighted by Gasteiger charge is -2.20. The fourth-order valence-electron chi connectivity index (χ4n) is 2.67. The van der Waals surface area contributed by atoms with Crippen molar-refractivity contribution in [2.24, 2.45) is 0 Å². The number of hydrogen-bond acceptors (Lipinski definition) is 2. The van der Waals surface area contributed by atoms with Gasteiger partial charge in [0.15, 0.2) is 0 Å². The monoisotopic (exact) mass is 313 g/mol. The van der Waals surface area contributed by atoms with Gasteiger partial charge in [-0.3, -0.25) is 0 Å². The van der Waals surface area contributed by atoms with Crippen LogP contribution in [0.5, 0.6) is 0 Å². The Morgan fingerprint density at radius 3 is 1.64 bits per heavy atom. The molecule has 2 rings (SSSR count). The molecule has 0 aromatic heterocycles. The normalized spacial score (nSPS) is 11.3. The molecule has 0 saturated heterocycles. The van der Waals surface area contributed by atoms with E-state index < -0.39 is 9.28 Å². The van der Waals surface area contributed by atoms with Crippen molar-refractivity contribution >= 4 is 9.28 Å². The first kappa shape index (κ1) is 16.9. The zero-order chi connectivity index (χ0) is 15.6. The zero-order valence-corrected chi connectivity index (χ0v) is 14.5. The molecule has 2 aromatic carbocycles. The van der Waals surface area contributed by atoms with Crippen molar-refractivity contribution in [2.75, 3.05) is 13.2 Å². The van der Waals surface area contributed by atoms with E-state index in [1.165, 1.54) is 11.1 Å². The van der Waals surface area contributed by atoms with Gasteiger partial charge in [-0.25, -0.2) is 0 Å². The fraction of sp³-hybridized carbons (Fsp3) is 0.368. The summed E-state index contributed by atoms with van der Waals surface area (Å²) in [4.78, 5) is 0. The molecule has 0 spiro atoms. The summed E-state index contributed by atoms with van der Waals surface area (Å²) in [5, 5.41) is 0. The minimum Gasteiger partial charge on any atom is -0.394 e. The number of hydrogen-bond donors (Lipinski definition) is 0. The summed E-state index contributed by atoms with van der Waals surface area (Å²) in [5.41, 5.74) is 2.73. The van der Waals surface area contributed by atoms with Gasteiger partial charge in [-0.2, -0.15) is 0 Å². The average molecular weight is 313 g/mol. The van der Waals surface area contributed by atoms with Gasteiger partial charge in [0, 0.05) is 19.1 Å². The SMILES string of the molecule is CCO[Si](CCC(c1ccccc1)c1ccccc1)OCC. The molecule has 0 bridgehead atoms. The molecule has 0 saturated carbocycles. The van der Waals surface area contributed by atoms with Gasteiger partial charge in [0.2, 0.25) is 0 Å². The summed E-state index contributed by atoms with van der Waals surface area (Å²) in [5.74, 6) is 0.406. The maximum absolute atomic E-state index is 5.78. The predicted molar refractivity (Wildman–Crippen MR) is 93.2 cm³/mol. The van der Waals surface area contributed by atoms with Gasteiger partial charge >= 0.3 is 9.28 Å². The molecule has 0 atom stereocenters. The van der Waals surface area contributed by atoms with Gasteiger partial charge in [0.25, 0.3) is 0 Å². The van der Waals surface area contributed by atoms with Crippen LogP contribution in [-0.2, 0) is 8.85 Å². The van der Waals surface area contributed by atoms with Crippen LogP contribution in [0, 0.1) is 0 Å². The van der Waals surface area contributed by atoms with E-state index in [9.17, 15) is 0 Å². The highest BCUT2D eigenvalue weighted by molar-refractivity contribution is 6.44. The van der Waals surface area contributed by atoms with Gasteiger partial charge in [-0.05, 0) is 37.4 Å². The van der Waals surface area contributed by atoms with Gasteiger partial charge in [0.1, 0.15) is 0 Å². The Hall–Kier alpha value is -1.42. The van der Waals surface area contributed by atoms with E-state index in [1.54, 1.807) is 0 Å². The molecule has 0 unspecified atom stereocenters. The van der Waals surface area contributed by atoms with Gasteiger partial charge < -0.3 is 8.85 Å². The molecule has 22 heavy (non-hydrogen) atoms. The molecular formula is C19H25O2Si. The Kier molecular flexibility index (Phi) is 7.36. The van der Waals surface area contributed by atoms with Crippen molar-refractivity contribution in [2.45, 2.75) is 32.2 Å². The fourth-order valence-corrected chi connectivity index (χ4v) is 4.21. The quantitative estimate of drug-likeness (QED) is 0.621. The van der Waals surface area contributed by atoms with E-state index in [4.69, 9.17) is 8.85 Å². The first-order valence-corrected chi connectivity index (χ1v) is 9.58. The third kappa shape index (κ3) is 5.09. The molecular weight excluding hydrogens is 288 g/mol. The van der Waals surface area contributed by atoms with Crippen molar-refractivity contribution in [3.63, 3.8) is 0 Å². The van der Waals surface area contributed by atoms with Crippen LogP contribution in [0.2, 0.25) is 6.04 Å². The molecule has 0 aliphatic heterocycles. The Labute approximate surface area is 135 Å². The van der Waals surface area contributed by atoms with Crippen molar-refractivity contribution in [1.82, 2.24) is 0 Å². The lowest BCUT2D eigenvalue weighted by molar-refractivity contribution is 0.212. The van der Waals surface area contributed by atoms with E-state index in [-0.39, 0.29) is 0 Å². The Bertz CT molecular complexity index is 470. The van der Waals surface area contributed by atoms with Crippen LogP contribution in [-0.4, -0.2) is 22.5 Å². The zero-order valence-electron chi connectivity index (χ0n) is 13.5. The van der Waals surface area contributed by atoms with Crippen LogP contribution in [0.1, 0.15) is 37.3 Å². The van der Waals surface area contributed by atoms with E-state index >= 15 is 0 Å². The third-order valence-corrected chi connectivity index (χ3v) is 5.57. The molecule has 0 aliphatic rings. The minimum absolute atomic E-state index is 0.406. The predicted octanol–water partition coefficient (Wildman–Crippen LogP) is 4.77. The van der Waals surface area contributed by atoms with Crippen LogP contribution in [0.3, 0.4) is 0 Å². The Morgan fingerprint density at radius 1 is 0.773 bits per heavy atom. The summed E-state index contributed by atoms with van der Waals surface area (Å²) in [6.45, 7) is 5.54. The highest BCUT2D eigenvalue weighted by Gasteiger charge is 2.20. The standard InChI is InChI=1S/C19H25O2Si/c1-3-20-22(21-4-2)16-15-19(17-11-7-5-8-12-17)18-13-9-6-10-14-18/h5-14,19H,3-4,15-16H2,1-2H3. The third-order valence-electron chi connectivity index (χ3n) is 3.65. The average Bonchev–Trinajstić information content (AvgIpc) is 2.57. The summed E-state index contributed by atoms with van der Waals surface area (Å²) in [6.07, 6.45) is 1.06. The molecule has 0 N–H and O–H groups in total.